The minimum Gasteiger partial charge on any atom is -0.469 e. The molecule has 26 heavy (non-hydrogen) atoms. The van der Waals surface area contributed by atoms with E-state index in [0.717, 1.165) is 11.3 Å². The SMILES string of the molecule is CCOC(=O)c1cc(CC)sc1NC(=O)COC(=O)CCc1ccco1. The molecule has 0 aliphatic rings. The van der Waals surface area contributed by atoms with E-state index >= 15 is 0 Å². The molecule has 0 unspecified atom stereocenters. The molecule has 2 aromatic heterocycles. The second-order valence-electron chi connectivity index (χ2n) is 5.32. The molecular weight excluding hydrogens is 358 g/mol. The topological polar surface area (TPSA) is 94.8 Å². The molecule has 1 amide bonds. The van der Waals surface area contributed by atoms with Crippen LogP contribution in [0.2, 0.25) is 0 Å². The summed E-state index contributed by atoms with van der Waals surface area (Å²) >= 11 is 1.30. The second-order valence-corrected chi connectivity index (χ2v) is 6.45. The van der Waals surface area contributed by atoms with Crippen molar-refractivity contribution in [1.82, 2.24) is 0 Å². The van der Waals surface area contributed by atoms with Crippen LogP contribution in [0.5, 0.6) is 0 Å². The average molecular weight is 379 g/mol. The standard InChI is InChI=1S/C18H21NO6S/c1-3-13-10-14(18(22)23-4-2)17(26-13)19-15(20)11-25-16(21)8-7-12-6-5-9-24-12/h5-6,9-10H,3-4,7-8,11H2,1-2H3,(H,19,20). The van der Waals surface area contributed by atoms with Gasteiger partial charge in [0, 0.05) is 11.3 Å². The van der Waals surface area contributed by atoms with Gasteiger partial charge in [-0.25, -0.2) is 4.79 Å². The van der Waals surface area contributed by atoms with Crippen molar-refractivity contribution in [2.45, 2.75) is 33.1 Å². The Hall–Kier alpha value is -2.61. The van der Waals surface area contributed by atoms with Crippen LogP contribution in [0, 0.1) is 0 Å². The number of hydrogen-bond donors (Lipinski definition) is 1. The van der Waals surface area contributed by atoms with Gasteiger partial charge in [0.05, 0.1) is 24.9 Å². The van der Waals surface area contributed by atoms with Crippen molar-refractivity contribution in [2.75, 3.05) is 18.5 Å². The molecule has 0 aliphatic carbocycles. The third-order valence-electron chi connectivity index (χ3n) is 3.40. The molecule has 0 fully saturated rings. The fourth-order valence-electron chi connectivity index (χ4n) is 2.13. The lowest BCUT2D eigenvalue weighted by molar-refractivity contribution is -0.147. The Bertz CT molecular complexity index is 750. The third kappa shape index (κ3) is 5.73. The summed E-state index contributed by atoms with van der Waals surface area (Å²) in [7, 11) is 0. The number of thiophene rings is 1. The van der Waals surface area contributed by atoms with Crippen LogP contribution in [0.3, 0.4) is 0 Å². The molecule has 2 heterocycles. The van der Waals surface area contributed by atoms with Crippen molar-refractivity contribution < 1.29 is 28.3 Å². The quantitative estimate of drug-likeness (QED) is 0.672. The monoisotopic (exact) mass is 379 g/mol. The van der Waals surface area contributed by atoms with E-state index < -0.39 is 24.5 Å². The predicted octanol–water partition coefficient (Wildman–Crippen LogP) is 3.19. The average Bonchev–Trinajstić information content (AvgIpc) is 3.28. The maximum absolute atomic E-state index is 12.0. The van der Waals surface area contributed by atoms with Gasteiger partial charge in [0.2, 0.25) is 0 Å². The Kier molecular flexibility index (Phi) is 7.40. The Labute approximate surface area is 155 Å². The summed E-state index contributed by atoms with van der Waals surface area (Å²) in [5.41, 5.74) is 0.311. The highest BCUT2D eigenvalue weighted by Gasteiger charge is 2.19. The number of esters is 2. The van der Waals surface area contributed by atoms with Gasteiger partial charge in [-0.1, -0.05) is 6.92 Å². The van der Waals surface area contributed by atoms with Crippen molar-refractivity contribution in [3.63, 3.8) is 0 Å². The molecule has 140 valence electrons. The van der Waals surface area contributed by atoms with Crippen molar-refractivity contribution in [1.29, 1.82) is 0 Å². The largest absolute Gasteiger partial charge is 0.469 e. The zero-order chi connectivity index (χ0) is 18.9. The number of aryl methyl sites for hydroxylation is 2. The van der Waals surface area contributed by atoms with E-state index in [4.69, 9.17) is 13.9 Å². The molecule has 0 saturated heterocycles. The first-order chi connectivity index (χ1) is 12.5. The number of furan rings is 1. The highest BCUT2D eigenvalue weighted by Crippen LogP contribution is 2.29. The van der Waals surface area contributed by atoms with Gasteiger partial charge < -0.3 is 19.2 Å². The number of carbonyl (C=O) groups is 3. The lowest BCUT2D eigenvalue weighted by Gasteiger charge is -2.07. The third-order valence-corrected chi connectivity index (χ3v) is 4.59. The zero-order valence-corrected chi connectivity index (χ0v) is 15.5. The van der Waals surface area contributed by atoms with Crippen LogP contribution >= 0.6 is 11.3 Å². The first-order valence-corrected chi connectivity index (χ1v) is 9.12. The van der Waals surface area contributed by atoms with Crippen molar-refractivity contribution in [3.8, 4) is 0 Å². The van der Waals surface area contributed by atoms with E-state index in [0.29, 0.717) is 22.7 Å². The molecule has 0 spiro atoms. The number of ether oxygens (including phenoxy) is 2. The minimum absolute atomic E-state index is 0.119. The molecule has 8 heteroatoms. The van der Waals surface area contributed by atoms with Crippen molar-refractivity contribution in [2.24, 2.45) is 0 Å². The van der Waals surface area contributed by atoms with Gasteiger partial charge in [-0.15, -0.1) is 11.3 Å². The Morgan fingerprint density at radius 1 is 1.23 bits per heavy atom. The molecule has 0 aromatic carbocycles. The normalized spacial score (nSPS) is 10.4. The molecule has 0 radical (unpaired) electrons. The van der Waals surface area contributed by atoms with Crippen LogP contribution in [0.25, 0.3) is 0 Å². The van der Waals surface area contributed by atoms with Gasteiger partial charge in [-0.3, -0.25) is 9.59 Å². The van der Waals surface area contributed by atoms with Gasteiger partial charge in [-0.05, 0) is 31.5 Å². The summed E-state index contributed by atoms with van der Waals surface area (Å²) < 4.78 is 15.1. The molecule has 0 saturated carbocycles. The second kappa shape index (κ2) is 9.76. The molecule has 2 rings (SSSR count). The van der Waals surface area contributed by atoms with Crippen LogP contribution in [-0.4, -0.2) is 31.1 Å². The number of anilines is 1. The van der Waals surface area contributed by atoms with Gasteiger partial charge >= 0.3 is 11.9 Å². The first kappa shape index (κ1) is 19.7. The molecule has 0 atom stereocenters. The molecule has 1 N–H and O–H groups in total. The lowest BCUT2D eigenvalue weighted by Crippen LogP contribution is -2.21. The number of carbonyl (C=O) groups excluding carboxylic acids is 3. The Morgan fingerprint density at radius 2 is 2.04 bits per heavy atom. The maximum atomic E-state index is 12.0. The van der Waals surface area contributed by atoms with Crippen LogP contribution in [0.1, 0.15) is 41.3 Å². The van der Waals surface area contributed by atoms with Gasteiger partial charge in [0.15, 0.2) is 6.61 Å². The predicted molar refractivity (Wildman–Crippen MR) is 96.3 cm³/mol. The number of rotatable bonds is 9. The van der Waals surface area contributed by atoms with Crippen LogP contribution in [-0.2, 0) is 31.9 Å². The number of hydrogen-bond acceptors (Lipinski definition) is 7. The summed E-state index contributed by atoms with van der Waals surface area (Å²) in [5, 5.41) is 3.01. The first-order valence-electron chi connectivity index (χ1n) is 8.31. The minimum atomic E-state index is -0.508. The van der Waals surface area contributed by atoms with Crippen LogP contribution < -0.4 is 5.32 Å². The Balaban J connectivity index is 1.85. The van der Waals surface area contributed by atoms with Crippen LogP contribution in [0.15, 0.2) is 28.9 Å². The van der Waals surface area contributed by atoms with Gasteiger partial charge in [0.25, 0.3) is 5.91 Å². The molecule has 0 bridgehead atoms. The number of nitrogens with one attached hydrogen (secondary N) is 1. The van der Waals surface area contributed by atoms with E-state index in [9.17, 15) is 14.4 Å². The van der Waals surface area contributed by atoms with Crippen molar-refractivity contribution in [3.05, 3.63) is 40.7 Å². The summed E-state index contributed by atoms with van der Waals surface area (Å²) in [5.74, 6) is -0.820. The molecule has 0 aliphatic heterocycles. The van der Waals surface area contributed by atoms with E-state index in [-0.39, 0.29) is 13.0 Å². The molecule has 2 aromatic rings. The summed E-state index contributed by atoms with van der Waals surface area (Å²) in [6.07, 6.45) is 2.79. The van der Waals surface area contributed by atoms with E-state index in [2.05, 4.69) is 5.32 Å². The summed E-state index contributed by atoms with van der Waals surface area (Å²) in [6, 6.07) is 5.20. The fraction of sp³-hybridized carbons (Fsp3) is 0.389. The lowest BCUT2D eigenvalue weighted by atomic mass is 10.2. The Morgan fingerprint density at radius 3 is 2.69 bits per heavy atom. The highest BCUT2D eigenvalue weighted by atomic mass is 32.1. The van der Waals surface area contributed by atoms with Crippen molar-refractivity contribution >= 4 is 34.2 Å². The van der Waals surface area contributed by atoms with E-state index in [1.165, 1.54) is 17.6 Å². The fourth-order valence-corrected chi connectivity index (χ4v) is 3.13. The smallest absolute Gasteiger partial charge is 0.341 e. The summed E-state index contributed by atoms with van der Waals surface area (Å²) in [6.45, 7) is 3.49. The zero-order valence-electron chi connectivity index (χ0n) is 14.7. The highest BCUT2D eigenvalue weighted by molar-refractivity contribution is 7.16. The van der Waals surface area contributed by atoms with E-state index in [1.54, 1.807) is 25.1 Å². The molecular formula is C18H21NO6S. The summed E-state index contributed by atoms with van der Waals surface area (Å²) in [4.78, 5) is 36.6. The van der Waals surface area contributed by atoms with E-state index in [1.807, 2.05) is 6.92 Å². The maximum Gasteiger partial charge on any atom is 0.341 e. The molecule has 7 nitrogen and oxygen atoms in total. The number of amides is 1. The van der Waals surface area contributed by atoms with Gasteiger partial charge in [-0.2, -0.15) is 0 Å². The van der Waals surface area contributed by atoms with Gasteiger partial charge in [0.1, 0.15) is 10.8 Å². The van der Waals surface area contributed by atoms with Crippen LogP contribution in [0.4, 0.5) is 5.00 Å².